The first kappa shape index (κ1) is 7.24. The highest BCUT2D eigenvalue weighted by atomic mass is 16.1. The second-order valence-electron chi connectivity index (χ2n) is 1.74. The van der Waals surface area contributed by atoms with E-state index in [2.05, 4.69) is 15.0 Å². The van der Waals surface area contributed by atoms with Crippen molar-refractivity contribution >= 4 is 5.91 Å². The van der Waals surface area contributed by atoms with Gasteiger partial charge in [0.2, 0.25) is 0 Å². The van der Waals surface area contributed by atoms with Crippen molar-refractivity contribution in [1.29, 1.82) is 0 Å². The molecule has 0 bridgehead atoms. The minimum Gasteiger partial charge on any atom is -0.287 e. The smallest absolute Gasteiger partial charge is 0.250 e. The standard InChI is InChI=1S/C6H4N4O/c7-10-9-6(11)5-2-1-3-8-4-5/h1-4H. The molecule has 0 radical (unpaired) electrons. The molecule has 1 aromatic rings. The van der Waals surface area contributed by atoms with Gasteiger partial charge in [0, 0.05) is 22.9 Å². The Labute approximate surface area is 62.3 Å². The van der Waals surface area contributed by atoms with Crippen molar-refractivity contribution < 1.29 is 4.79 Å². The third kappa shape index (κ3) is 1.77. The summed E-state index contributed by atoms with van der Waals surface area (Å²) in [6, 6.07) is 3.13. The Bertz CT molecular complexity index is 302. The SMILES string of the molecule is [N-]=[N+]=NC(=O)c1cccnc1. The van der Waals surface area contributed by atoms with Gasteiger partial charge in [0.05, 0.1) is 0 Å². The fourth-order valence-electron chi connectivity index (χ4n) is 0.588. The van der Waals surface area contributed by atoms with Crippen molar-refractivity contribution in [2.75, 3.05) is 0 Å². The van der Waals surface area contributed by atoms with Crippen LogP contribution in [0.2, 0.25) is 0 Å². The van der Waals surface area contributed by atoms with Gasteiger partial charge in [0.1, 0.15) is 0 Å². The van der Waals surface area contributed by atoms with Crippen molar-refractivity contribution in [1.82, 2.24) is 4.98 Å². The average molecular weight is 148 g/mol. The van der Waals surface area contributed by atoms with Crippen LogP contribution in [0.1, 0.15) is 10.4 Å². The molecule has 5 heteroatoms. The van der Waals surface area contributed by atoms with E-state index in [1.54, 1.807) is 6.07 Å². The van der Waals surface area contributed by atoms with Gasteiger partial charge >= 0.3 is 0 Å². The molecule has 1 heterocycles. The van der Waals surface area contributed by atoms with Gasteiger partial charge in [0.15, 0.2) is 0 Å². The number of nitrogens with zero attached hydrogens (tertiary/aromatic N) is 4. The predicted molar refractivity (Wildman–Crippen MR) is 37.7 cm³/mol. The first-order valence-corrected chi connectivity index (χ1v) is 2.84. The van der Waals surface area contributed by atoms with Crippen LogP contribution in [0.3, 0.4) is 0 Å². The lowest BCUT2D eigenvalue weighted by atomic mass is 10.3. The summed E-state index contributed by atoms with van der Waals surface area (Å²) in [5, 5.41) is 2.90. The predicted octanol–water partition coefficient (Wildman–Crippen LogP) is 1.53. The summed E-state index contributed by atoms with van der Waals surface area (Å²) < 4.78 is 0. The summed E-state index contributed by atoms with van der Waals surface area (Å²) in [5.74, 6) is -0.611. The van der Waals surface area contributed by atoms with Crippen LogP contribution >= 0.6 is 0 Å². The fourth-order valence-corrected chi connectivity index (χ4v) is 0.588. The Balaban J connectivity index is 2.94. The molecular weight excluding hydrogens is 144 g/mol. The largest absolute Gasteiger partial charge is 0.287 e. The first-order chi connectivity index (χ1) is 5.34. The summed E-state index contributed by atoms with van der Waals surface area (Å²) in [7, 11) is 0. The van der Waals surface area contributed by atoms with Crippen molar-refractivity contribution in [2.45, 2.75) is 0 Å². The quantitative estimate of drug-likeness (QED) is 0.344. The van der Waals surface area contributed by atoms with Gasteiger partial charge in [-0.2, -0.15) is 0 Å². The van der Waals surface area contributed by atoms with Crippen LogP contribution in [0.25, 0.3) is 10.4 Å². The zero-order chi connectivity index (χ0) is 8.10. The average Bonchev–Trinajstić information content (AvgIpc) is 2.07. The molecule has 0 saturated carbocycles. The normalized spacial score (nSPS) is 8.36. The molecule has 1 rings (SSSR count). The molecule has 1 amide bonds. The summed E-state index contributed by atoms with van der Waals surface area (Å²) in [6.07, 6.45) is 2.88. The lowest BCUT2D eigenvalue weighted by molar-refractivity contribution is 0.1000. The highest BCUT2D eigenvalue weighted by Gasteiger charge is 1.99. The molecule has 0 aliphatic heterocycles. The minimum absolute atomic E-state index is 0.297. The monoisotopic (exact) mass is 148 g/mol. The Kier molecular flexibility index (Phi) is 2.20. The maximum atomic E-state index is 10.8. The number of carbonyl (C=O) groups is 1. The van der Waals surface area contributed by atoms with Gasteiger partial charge in [-0.25, -0.2) is 0 Å². The lowest BCUT2D eigenvalue weighted by Gasteiger charge is -1.88. The van der Waals surface area contributed by atoms with Crippen molar-refractivity contribution in [2.24, 2.45) is 5.11 Å². The number of carbonyl (C=O) groups excluding carboxylic acids is 1. The molecule has 0 atom stereocenters. The van der Waals surface area contributed by atoms with E-state index in [0.29, 0.717) is 5.56 Å². The number of pyridine rings is 1. The summed E-state index contributed by atoms with van der Waals surface area (Å²) in [5.41, 5.74) is 8.21. The maximum absolute atomic E-state index is 10.8. The molecule has 0 N–H and O–H groups in total. The third-order valence-electron chi connectivity index (χ3n) is 1.04. The number of azide groups is 1. The summed E-state index contributed by atoms with van der Waals surface area (Å²) >= 11 is 0. The fraction of sp³-hybridized carbons (Fsp3) is 0. The summed E-state index contributed by atoms with van der Waals surface area (Å²) in [6.45, 7) is 0. The molecule has 0 unspecified atom stereocenters. The molecule has 54 valence electrons. The molecule has 0 saturated heterocycles. The highest BCUT2D eigenvalue weighted by molar-refractivity contribution is 5.94. The van der Waals surface area contributed by atoms with Gasteiger partial charge in [-0.05, 0) is 22.8 Å². The van der Waals surface area contributed by atoms with E-state index in [-0.39, 0.29) is 0 Å². The zero-order valence-corrected chi connectivity index (χ0v) is 5.51. The molecule has 5 nitrogen and oxygen atoms in total. The molecule has 0 aliphatic rings. The van der Waals surface area contributed by atoms with Crippen molar-refractivity contribution in [3.05, 3.63) is 40.5 Å². The number of hydrogen-bond acceptors (Lipinski definition) is 2. The van der Waals surface area contributed by atoms with Gasteiger partial charge in [0.25, 0.3) is 5.91 Å². The topological polar surface area (TPSA) is 78.7 Å². The van der Waals surface area contributed by atoms with E-state index >= 15 is 0 Å². The highest BCUT2D eigenvalue weighted by Crippen LogP contribution is 1.97. The molecular formula is C6H4N4O. The van der Waals surface area contributed by atoms with Gasteiger partial charge in [-0.15, -0.1) is 0 Å². The molecule has 0 spiro atoms. The van der Waals surface area contributed by atoms with Crippen LogP contribution in [0.5, 0.6) is 0 Å². The van der Waals surface area contributed by atoms with E-state index in [9.17, 15) is 4.79 Å². The van der Waals surface area contributed by atoms with E-state index < -0.39 is 5.91 Å². The zero-order valence-electron chi connectivity index (χ0n) is 5.51. The molecule has 0 aliphatic carbocycles. The third-order valence-corrected chi connectivity index (χ3v) is 1.04. The van der Waals surface area contributed by atoms with E-state index in [4.69, 9.17) is 5.53 Å². The van der Waals surface area contributed by atoms with Crippen molar-refractivity contribution in [3.8, 4) is 0 Å². The Hall–Kier alpha value is -1.87. The van der Waals surface area contributed by atoms with Gasteiger partial charge in [-0.1, -0.05) is 0 Å². The Morgan fingerprint density at radius 1 is 1.73 bits per heavy atom. The van der Waals surface area contributed by atoms with Crippen LogP contribution in [-0.4, -0.2) is 10.9 Å². The minimum atomic E-state index is -0.611. The van der Waals surface area contributed by atoms with Crippen LogP contribution in [0, 0.1) is 0 Å². The second-order valence-corrected chi connectivity index (χ2v) is 1.74. The van der Waals surface area contributed by atoms with E-state index in [1.807, 2.05) is 0 Å². The number of rotatable bonds is 1. The molecule has 1 aromatic heterocycles. The van der Waals surface area contributed by atoms with E-state index in [0.717, 1.165) is 0 Å². The maximum Gasteiger partial charge on any atom is 0.250 e. The van der Waals surface area contributed by atoms with Crippen molar-refractivity contribution in [3.63, 3.8) is 0 Å². The van der Waals surface area contributed by atoms with Gasteiger partial charge in [-0.3, -0.25) is 9.78 Å². The summed E-state index contributed by atoms with van der Waals surface area (Å²) in [4.78, 5) is 16.8. The van der Waals surface area contributed by atoms with Crippen LogP contribution < -0.4 is 0 Å². The lowest BCUT2D eigenvalue weighted by Crippen LogP contribution is -1.92. The van der Waals surface area contributed by atoms with Crippen LogP contribution in [-0.2, 0) is 0 Å². The number of hydrogen-bond donors (Lipinski definition) is 0. The molecule has 0 fully saturated rings. The number of amides is 1. The van der Waals surface area contributed by atoms with Gasteiger partial charge < -0.3 is 0 Å². The van der Waals surface area contributed by atoms with E-state index in [1.165, 1.54) is 18.5 Å². The van der Waals surface area contributed by atoms with Crippen LogP contribution in [0.4, 0.5) is 0 Å². The Morgan fingerprint density at radius 3 is 3.09 bits per heavy atom. The number of aromatic nitrogens is 1. The van der Waals surface area contributed by atoms with Crippen LogP contribution in [0.15, 0.2) is 29.6 Å². The Morgan fingerprint density at radius 2 is 2.55 bits per heavy atom. The second kappa shape index (κ2) is 3.34. The first-order valence-electron chi connectivity index (χ1n) is 2.84. The molecule has 0 aromatic carbocycles. The molecule has 11 heavy (non-hydrogen) atoms.